The molecule has 1 aliphatic rings. The lowest BCUT2D eigenvalue weighted by Crippen LogP contribution is -2.69. The molecule has 106 valence electrons. The molecule has 3 rings (SSSR count). The van der Waals surface area contributed by atoms with Gasteiger partial charge in [0.25, 0.3) is 6.35 Å². The van der Waals surface area contributed by atoms with Crippen molar-refractivity contribution in [2.75, 3.05) is 0 Å². The maximum Gasteiger partial charge on any atom is 0.283 e. The molecule has 2 aromatic rings. The Morgan fingerprint density at radius 1 is 1.15 bits per heavy atom. The van der Waals surface area contributed by atoms with Crippen molar-refractivity contribution in [1.82, 2.24) is 4.57 Å². The highest BCUT2D eigenvalue weighted by Gasteiger charge is 2.41. The first-order valence-electron chi connectivity index (χ1n) is 7.83. The number of para-hydroxylation sites is 2. The third kappa shape index (κ3) is 1.78. The SMILES string of the molecule is CCC[n+]1ccn2c1[B-](CC)(CC)Oc1ccccc1-2. The molecule has 1 aromatic carbocycles. The van der Waals surface area contributed by atoms with Gasteiger partial charge in [-0.25, -0.2) is 4.57 Å². The standard InChI is InChI=1S/C16H23BN2O/c1-4-11-18-12-13-19-14-9-7-8-10-15(14)20-17(5-2,6-3)16(18)19/h7-10,12-13H,4-6,11H2,1-3H3. The Morgan fingerprint density at radius 3 is 2.60 bits per heavy atom. The number of aryl methyl sites for hydroxylation is 1. The van der Waals surface area contributed by atoms with Gasteiger partial charge in [0, 0.05) is 0 Å². The van der Waals surface area contributed by atoms with Crippen LogP contribution in [0.4, 0.5) is 0 Å². The largest absolute Gasteiger partial charge is 0.701 e. The quantitative estimate of drug-likeness (QED) is 0.617. The van der Waals surface area contributed by atoms with E-state index in [9.17, 15) is 0 Å². The Balaban J connectivity index is 2.24. The van der Waals surface area contributed by atoms with Gasteiger partial charge in [-0.1, -0.05) is 32.9 Å². The number of hydrogen-bond donors (Lipinski definition) is 0. The highest BCUT2D eigenvalue weighted by Crippen LogP contribution is 2.31. The minimum atomic E-state index is -0.976. The second kappa shape index (κ2) is 5.00. The zero-order valence-corrected chi connectivity index (χ0v) is 12.7. The molecule has 0 radical (unpaired) electrons. The Kier molecular flexibility index (Phi) is 3.32. The van der Waals surface area contributed by atoms with Crippen molar-refractivity contribution in [3.63, 3.8) is 0 Å². The summed E-state index contributed by atoms with van der Waals surface area (Å²) < 4.78 is 11.2. The average molecular weight is 270 g/mol. The number of benzene rings is 1. The summed E-state index contributed by atoms with van der Waals surface area (Å²) in [4.78, 5) is 0. The second-order valence-corrected chi connectivity index (χ2v) is 5.77. The van der Waals surface area contributed by atoms with Gasteiger partial charge in [-0.05, 0) is 18.6 Å². The van der Waals surface area contributed by atoms with Crippen LogP contribution in [0.5, 0.6) is 5.75 Å². The van der Waals surface area contributed by atoms with Gasteiger partial charge in [0.2, 0.25) is 0 Å². The van der Waals surface area contributed by atoms with Gasteiger partial charge in [0.05, 0.1) is 6.54 Å². The van der Waals surface area contributed by atoms with Gasteiger partial charge >= 0.3 is 0 Å². The minimum absolute atomic E-state index is 0.976. The van der Waals surface area contributed by atoms with E-state index >= 15 is 0 Å². The van der Waals surface area contributed by atoms with Crippen molar-refractivity contribution in [1.29, 1.82) is 0 Å². The molecular weight excluding hydrogens is 247 g/mol. The molecule has 0 saturated heterocycles. The summed E-state index contributed by atoms with van der Waals surface area (Å²) in [6.07, 6.45) is 6.64. The second-order valence-electron chi connectivity index (χ2n) is 5.77. The number of hydrogen-bond acceptors (Lipinski definition) is 1. The summed E-state index contributed by atoms with van der Waals surface area (Å²) in [5.41, 5.74) is 2.51. The molecule has 0 saturated carbocycles. The smallest absolute Gasteiger partial charge is 0.283 e. The van der Waals surface area contributed by atoms with Gasteiger partial charge in [-0.15, -0.1) is 12.6 Å². The molecule has 4 heteroatoms. The van der Waals surface area contributed by atoms with Crippen LogP contribution in [0, 0.1) is 0 Å². The molecule has 0 unspecified atom stereocenters. The highest BCUT2D eigenvalue weighted by molar-refractivity contribution is 6.85. The summed E-state index contributed by atoms with van der Waals surface area (Å²) in [6, 6.07) is 8.36. The fourth-order valence-corrected chi connectivity index (χ4v) is 3.50. The lowest BCUT2D eigenvalue weighted by atomic mass is 9.35. The zero-order valence-electron chi connectivity index (χ0n) is 12.7. The number of aromatic nitrogens is 2. The van der Waals surface area contributed by atoms with Crippen molar-refractivity contribution in [3.05, 3.63) is 36.7 Å². The first kappa shape index (κ1) is 13.3. The molecule has 1 aliphatic heterocycles. The number of imidazole rings is 1. The van der Waals surface area contributed by atoms with E-state index < -0.39 is 6.35 Å². The maximum absolute atomic E-state index is 6.51. The monoisotopic (exact) mass is 270 g/mol. The average Bonchev–Trinajstić information content (AvgIpc) is 2.92. The van der Waals surface area contributed by atoms with Crippen LogP contribution in [0.3, 0.4) is 0 Å². The van der Waals surface area contributed by atoms with E-state index in [4.69, 9.17) is 4.65 Å². The Morgan fingerprint density at radius 2 is 1.90 bits per heavy atom. The molecule has 1 aromatic heterocycles. The summed E-state index contributed by atoms with van der Waals surface area (Å²) in [5, 5.41) is 0. The van der Waals surface area contributed by atoms with Crippen molar-refractivity contribution in [2.45, 2.75) is 46.4 Å². The van der Waals surface area contributed by atoms with Crippen molar-refractivity contribution in [3.8, 4) is 11.4 Å². The van der Waals surface area contributed by atoms with E-state index in [-0.39, 0.29) is 0 Å². The van der Waals surface area contributed by atoms with Crippen LogP contribution in [0.1, 0.15) is 27.2 Å². The van der Waals surface area contributed by atoms with Gasteiger partial charge in [-0.2, -0.15) is 0 Å². The lowest BCUT2D eigenvalue weighted by Gasteiger charge is -2.41. The van der Waals surface area contributed by atoms with E-state index in [0.29, 0.717) is 0 Å². The summed E-state index contributed by atoms with van der Waals surface area (Å²) in [5.74, 6) is 1.02. The molecule has 0 aliphatic carbocycles. The predicted molar refractivity (Wildman–Crippen MR) is 83.2 cm³/mol. The lowest BCUT2D eigenvalue weighted by molar-refractivity contribution is -0.679. The first-order chi connectivity index (χ1) is 9.75. The number of rotatable bonds is 4. The molecule has 3 nitrogen and oxygen atoms in total. The van der Waals surface area contributed by atoms with Crippen LogP contribution < -0.4 is 14.9 Å². The van der Waals surface area contributed by atoms with E-state index in [1.54, 1.807) is 0 Å². The predicted octanol–water partition coefficient (Wildman–Crippen LogP) is 2.76. The molecule has 20 heavy (non-hydrogen) atoms. The Labute approximate surface area is 121 Å². The molecule has 0 N–H and O–H groups in total. The molecule has 0 amide bonds. The molecule has 2 heterocycles. The van der Waals surface area contributed by atoms with Crippen LogP contribution in [-0.4, -0.2) is 10.9 Å². The maximum atomic E-state index is 6.51. The van der Waals surface area contributed by atoms with Crippen molar-refractivity contribution in [2.24, 2.45) is 0 Å². The minimum Gasteiger partial charge on any atom is -0.701 e. The molecule has 0 spiro atoms. The van der Waals surface area contributed by atoms with Gasteiger partial charge in [0.1, 0.15) is 23.9 Å². The van der Waals surface area contributed by atoms with E-state index in [1.807, 2.05) is 0 Å². The fraction of sp³-hybridized carbons (Fsp3) is 0.438. The van der Waals surface area contributed by atoms with Crippen LogP contribution >= 0.6 is 0 Å². The summed E-state index contributed by atoms with van der Waals surface area (Å²) in [6.45, 7) is 7.76. The third-order valence-corrected chi connectivity index (χ3v) is 4.67. The number of nitrogens with zero attached hydrogens (tertiary/aromatic N) is 2. The van der Waals surface area contributed by atoms with Crippen LogP contribution in [0.2, 0.25) is 12.6 Å². The number of fused-ring (bicyclic) bond motifs is 3. The summed E-state index contributed by atoms with van der Waals surface area (Å²) in [7, 11) is 0. The van der Waals surface area contributed by atoms with E-state index in [1.165, 1.54) is 5.72 Å². The van der Waals surface area contributed by atoms with E-state index in [0.717, 1.165) is 37.0 Å². The van der Waals surface area contributed by atoms with Crippen LogP contribution in [0.25, 0.3) is 5.69 Å². The molecule has 0 bridgehead atoms. The van der Waals surface area contributed by atoms with E-state index in [2.05, 4.69) is 66.6 Å². The van der Waals surface area contributed by atoms with Gasteiger partial charge in [0.15, 0.2) is 5.69 Å². The van der Waals surface area contributed by atoms with Crippen LogP contribution in [-0.2, 0) is 6.54 Å². The van der Waals surface area contributed by atoms with Crippen molar-refractivity contribution >= 4 is 12.1 Å². The Hall–Kier alpha value is -1.71. The zero-order chi connectivity index (χ0) is 14.2. The van der Waals surface area contributed by atoms with Gasteiger partial charge < -0.3 is 4.65 Å². The molecule has 0 atom stereocenters. The van der Waals surface area contributed by atoms with Crippen LogP contribution in [0.15, 0.2) is 36.7 Å². The first-order valence-corrected chi connectivity index (χ1v) is 7.83. The normalized spacial score (nSPS) is 15.3. The fourth-order valence-electron chi connectivity index (χ4n) is 3.50. The molecular formula is C16H23BN2O. The third-order valence-electron chi connectivity index (χ3n) is 4.67. The topological polar surface area (TPSA) is 18.0 Å². The Bertz CT molecular complexity index is 617. The highest BCUT2D eigenvalue weighted by atomic mass is 16.4. The summed E-state index contributed by atoms with van der Waals surface area (Å²) >= 11 is 0. The van der Waals surface area contributed by atoms with Gasteiger partial charge in [-0.3, -0.25) is 4.57 Å². The molecule has 0 fully saturated rings. The van der Waals surface area contributed by atoms with Crippen molar-refractivity contribution < 1.29 is 9.22 Å².